The smallest absolute Gasteiger partial charge is 0.274 e. The van der Waals surface area contributed by atoms with Gasteiger partial charge in [0.05, 0.1) is 25.6 Å². The Labute approximate surface area is 161 Å². The Balaban J connectivity index is 1.66. The third-order valence-electron chi connectivity index (χ3n) is 4.72. The fraction of sp³-hybridized carbons (Fsp3) is 0.200. The number of hydrogen-bond donors (Lipinski definition) is 2. The number of hydrogen-bond acceptors (Lipinski definition) is 4. The van der Waals surface area contributed by atoms with Gasteiger partial charge in [0.25, 0.3) is 5.91 Å². The molecule has 1 aromatic heterocycles. The van der Waals surface area contributed by atoms with E-state index in [0.29, 0.717) is 22.2 Å². The van der Waals surface area contributed by atoms with Crippen LogP contribution >= 0.6 is 11.6 Å². The molecule has 6 nitrogen and oxygen atoms in total. The highest BCUT2D eigenvalue weighted by molar-refractivity contribution is 6.31. The molecule has 0 aliphatic heterocycles. The minimum Gasteiger partial charge on any atom is -0.497 e. The summed E-state index contributed by atoms with van der Waals surface area (Å²) in [5, 5.41) is 10.7. The monoisotopic (exact) mass is 383 g/mol. The van der Waals surface area contributed by atoms with Crippen molar-refractivity contribution in [3.05, 3.63) is 58.2 Å². The van der Waals surface area contributed by atoms with Crippen LogP contribution in [0.1, 0.15) is 21.6 Å². The summed E-state index contributed by atoms with van der Waals surface area (Å²) in [6.07, 6.45) is 1.54. The van der Waals surface area contributed by atoms with Gasteiger partial charge >= 0.3 is 0 Å². The van der Waals surface area contributed by atoms with Crippen molar-refractivity contribution in [2.24, 2.45) is 0 Å². The van der Waals surface area contributed by atoms with Crippen molar-refractivity contribution in [2.75, 3.05) is 19.5 Å². The number of rotatable bonds is 4. The van der Waals surface area contributed by atoms with Gasteiger partial charge in [0.15, 0.2) is 0 Å². The minimum absolute atomic E-state index is 0.277. The molecule has 0 atom stereocenters. The maximum absolute atomic E-state index is 12.8. The average Bonchev–Trinajstić information content (AvgIpc) is 3.12. The molecule has 3 aromatic rings. The molecule has 1 heterocycles. The summed E-state index contributed by atoms with van der Waals surface area (Å²) < 4.78 is 10.6. The number of nitrogens with one attached hydrogen (secondary N) is 2. The first-order chi connectivity index (χ1) is 13.1. The number of amides is 1. The van der Waals surface area contributed by atoms with Crippen LogP contribution in [0.2, 0.25) is 5.02 Å². The molecule has 2 aromatic carbocycles. The zero-order chi connectivity index (χ0) is 19.0. The van der Waals surface area contributed by atoms with Crippen LogP contribution in [0, 0.1) is 0 Å². The second-order valence-electron chi connectivity index (χ2n) is 6.25. The second-order valence-corrected chi connectivity index (χ2v) is 6.68. The molecule has 4 rings (SSSR count). The summed E-state index contributed by atoms with van der Waals surface area (Å²) in [5.74, 6) is 1.08. The highest BCUT2D eigenvalue weighted by Crippen LogP contribution is 2.36. The molecule has 0 saturated carbocycles. The summed E-state index contributed by atoms with van der Waals surface area (Å²) in [6.45, 7) is 0. The zero-order valence-corrected chi connectivity index (χ0v) is 15.7. The first-order valence-corrected chi connectivity index (χ1v) is 8.88. The van der Waals surface area contributed by atoms with E-state index in [1.165, 1.54) is 0 Å². The largest absolute Gasteiger partial charge is 0.497 e. The number of halogens is 1. The Morgan fingerprint density at radius 2 is 2.00 bits per heavy atom. The number of aromatic amines is 1. The van der Waals surface area contributed by atoms with Crippen LogP contribution in [-0.2, 0) is 12.8 Å². The van der Waals surface area contributed by atoms with Gasteiger partial charge in [-0.25, -0.2) is 0 Å². The first-order valence-electron chi connectivity index (χ1n) is 8.50. The molecule has 0 unspecified atom stereocenters. The van der Waals surface area contributed by atoms with Crippen molar-refractivity contribution in [1.82, 2.24) is 10.2 Å². The van der Waals surface area contributed by atoms with Gasteiger partial charge in [0.2, 0.25) is 0 Å². The number of carbonyl (C=O) groups is 1. The van der Waals surface area contributed by atoms with Gasteiger partial charge < -0.3 is 14.8 Å². The number of H-pyrrole nitrogens is 1. The Bertz CT molecular complexity index is 1030. The van der Waals surface area contributed by atoms with Crippen molar-refractivity contribution in [2.45, 2.75) is 12.8 Å². The molecule has 138 valence electrons. The van der Waals surface area contributed by atoms with E-state index in [1.54, 1.807) is 32.4 Å². The molecule has 0 fully saturated rings. The van der Waals surface area contributed by atoms with Crippen molar-refractivity contribution in [3.63, 3.8) is 0 Å². The molecule has 0 spiro atoms. The van der Waals surface area contributed by atoms with E-state index in [1.807, 2.05) is 18.2 Å². The van der Waals surface area contributed by atoms with Gasteiger partial charge in [-0.15, -0.1) is 0 Å². The standard InChI is InChI=1S/C20H18ClN3O3/c1-26-13-5-7-14-11(9-13)3-6-15-18(14)23-24-19(15)20(25)22-16-10-12(21)4-8-17(16)27-2/h4-5,7-10H,3,6H2,1-2H3,(H,22,25)(H,23,24). The zero-order valence-electron chi connectivity index (χ0n) is 14.9. The predicted octanol–water partition coefficient (Wildman–Crippen LogP) is 4.10. The quantitative estimate of drug-likeness (QED) is 0.711. The lowest BCUT2D eigenvalue weighted by Crippen LogP contribution is -2.16. The van der Waals surface area contributed by atoms with Crippen molar-refractivity contribution < 1.29 is 14.3 Å². The summed E-state index contributed by atoms with van der Waals surface area (Å²) >= 11 is 6.04. The number of fused-ring (bicyclic) bond motifs is 3. The third kappa shape index (κ3) is 3.13. The van der Waals surface area contributed by atoms with E-state index >= 15 is 0 Å². The van der Waals surface area contributed by atoms with Crippen molar-refractivity contribution in [3.8, 4) is 22.8 Å². The lowest BCUT2D eigenvalue weighted by molar-refractivity contribution is 0.102. The van der Waals surface area contributed by atoms with E-state index in [9.17, 15) is 4.79 Å². The summed E-state index contributed by atoms with van der Waals surface area (Å²) in [7, 11) is 3.19. The van der Waals surface area contributed by atoms with Gasteiger partial charge in [0.1, 0.15) is 17.2 Å². The molecule has 7 heteroatoms. The van der Waals surface area contributed by atoms with Crippen molar-refractivity contribution >= 4 is 23.2 Å². The molecule has 0 saturated heterocycles. The number of anilines is 1. The van der Waals surface area contributed by atoms with E-state index in [2.05, 4.69) is 15.5 Å². The highest BCUT2D eigenvalue weighted by Gasteiger charge is 2.26. The minimum atomic E-state index is -0.277. The van der Waals surface area contributed by atoms with Crippen molar-refractivity contribution in [1.29, 1.82) is 0 Å². The summed E-state index contributed by atoms with van der Waals surface area (Å²) in [4.78, 5) is 12.8. The van der Waals surface area contributed by atoms with Gasteiger partial charge in [-0.2, -0.15) is 5.10 Å². The molecular weight excluding hydrogens is 366 g/mol. The third-order valence-corrected chi connectivity index (χ3v) is 4.95. The summed E-state index contributed by atoms with van der Waals surface area (Å²) in [6, 6.07) is 11.0. The molecule has 0 radical (unpaired) electrons. The van der Waals surface area contributed by atoms with Crippen LogP contribution in [0.15, 0.2) is 36.4 Å². The molecule has 1 aliphatic rings. The maximum Gasteiger partial charge on any atom is 0.274 e. The van der Waals surface area contributed by atoms with Gasteiger partial charge in [-0.1, -0.05) is 11.6 Å². The number of methoxy groups -OCH3 is 2. The maximum atomic E-state index is 12.8. The van der Waals surface area contributed by atoms with Gasteiger partial charge in [-0.05, 0) is 54.8 Å². The highest BCUT2D eigenvalue weighted by atomic mass is 35.5. The van der Waals surface area contributed by atoms with E-state index in [-0.39, 0.29) is 5.91 Å². The number of benzene rings is 2. The average molecular weight is 384 g/mol. The lowest BCUT2D eigenvalue weighted by Gasteiger charge is -2.17. The van der Waals surface area contributed by atoms with E-state index in [0.717, 1.165) is 41.0 Å². The van der Waals surface area contributed by atoms with Crippen LogP contribution in [0.4, 0.5) is 5.69 Å². The Kier molecular flexibility index (Phi) is 4.49. The fourth-order valence-electron chi connectivity index (χ4n) is 3.38. The Hall–Kier alpha value is -2.99. The second kappa shape index (κ2) is 6.96. The number of aryl methyl sites for hydroxylation is 1. The molecule has 27 heavy (non-hydrogen) atoms. The first kappa shape index (κ1) is 17.4. The van der Waals surface area contributed by atoms with E-state index < -0.39 is 0 Å². The number of carbonyl (C=O) groups excluding carboxylic acids is 1. The molecule has 1 aliphatic carbocycles. The lowest BCUT2D eigenvalue weighted by atomic mass is 9.89. The number of aromatic nitrogens is 2. The predicted molar refractivity (Wildman–Crippen MR) is 104 cm³/mol. The van der Waals surface area contributed by atoms with Gasteiger partial charge in [0, 0.05) is 16.1 Å². The van der Waals surface area contributed by atoms with Crippen LogP contribution in [-0.4, -0.2) is 30.3 Å². The molecule has 0 bridgehead atoms. The van der Waals surface area contributed by atoms with Crippen LogP contribution in [0.3, 0.4) is 0 Å². The number of nitrogens with zero attached hydrogens (tertiary/aromatic N) is 1. The Morgan fingerprint density at radius 1 is 1.15 bits per heavy atom. The fourth-order valence-corrected chi connectivity index (χ4v) is 3.55. The molecule has 1 amide bonds. The SMILES string of the molecule is COc1ccc2c(c1)CCc1c-2n[nH]c1C(=O)Nc1cc(Cl)ccc1OC. The van der Waals surface area contributed by atoms with Crippen LogP contribution in [0.25, 0.3) is 11.3 Å². The van der Waals surface area contributed by atoms with Crippen LogP contribution < -0.4 is 14.8 Å². The molecule has 2 N–H and O–H groups in total. The van der Waals surface area contributed by atoms with Gasteiger partial charge in [-0.3, -0.25) is 9.89 Å². The number of ether oxygens (including phenoxy) is 2. The molecular formula is C20H18ClN3O3. The Morgan fingerprint density at radius 3 is 2.78 bits per heavy atom. The topological polar surface area (TPSA) is 76.2 Å². The van der Waals surface area contributed by atoms with E-state index in [4.69, 9.17) is 21.1 Å². The normalized spacial score (nSPS) is 12.1. The summed E-state index contributed by atoms with van der Waals surface area (Å²) in [5.41, 5.74) is 4.87. The van der Waals surface area contributed by atoms with Crippen LogP contribution in [0.5, 0.6) is 11.5 Å².